The zero-order chi connectivity index (χ0) is 11.7. The lowest BCUT2D eigenvalue weighted by atomic mass is 10.3. The van der Waals surface area contributed by atoms with Crippen molar-refractivity contribution in [3.63, 3.8) is 0 Å². The summed E-state index contributed by atoms with van der Waals surface area (Å²) >= 11 is 0. The number of rotatable bonds is 2. The number of pyridine rings is 1. The number of nitrogens with two attached hydrogens (primary N) is 1. The van der Waals surface area contributed by atoms with Crippen LogP contribution in [0.2, 0.25) is 0 Å². The minimum atomic E-state index is -0.509. The van der Waals surface area contributed by atoms with Crippen LogP contribution in [-0.4, -0.2) is 19.5 Å². The third kappa shape index (κ3) is 1.70. The van der Waals surface area contributed by atoms with Crippen LogP contribution in [0.1, 0.15) is 0 Å². The van der Waals surface area contributed by atoms with Crippen LogP contribution in [0.3, 0.4) is 0 Å². The van der Waals surface area contributed by atoms with Crippen LogP contribution in [0.5, 0.6) is 0 Å². The van der Waals surface area contributed by atoms with Crippen LogP contribution in [-0.2, 0) is 7.05 Å². The van der Waals surface area contributed by atoms with Gasteiger partial charge < -0.3 is 10.3 Å². The Bertz CT molecular complexity index is 549. The molecule has 0 aromatic carbocycles. The van der Waals surface area contributed by atoms with E-state index >= 15 is 0 Å². The summed E-state index contributed by atoms with van der Waals surface area (Å²) in [5.41, 5.74) is 5.80. The van der Waals surface area contributed by atoms with Gasteiger partial charge in [0.2, 0.25) is 0 Å². The molecule has 0 spiro atoms. The van der Waals surface area contributed by atoms with Crippen molar-refractivity contribution in [2.24, 2.45) is 7.05 Å². The summed E-state index contributed by atoms with van der Waals surface area (Å²) in [6, 6.07) is 2.56. The molecule has 0 aliphatic heterocycles. The highest BCUT2D eigenvalue weighted by Crippen LogP contribution is 2.22. The summed E-state index contributed by atoms with van der Waals surface area (Å²) < 4.78 is 1.71. The first-order chi connectivity index (χ1) is 7.58. The molecule has 0 bridgehead atoms. The molecular weight excluding hydrogens is 210 g/mol. The molecule has 0 unspecified atom stereocenters. The second kappa shape index (κ2) is 3.61. The van der Waals surface area contributed by atoms with Gasteiger partial charge in [0.25, 0.3) is 5.69 Å². The predicted molar refractivity (Wildman–Crippen MR) is 57.5 cm³/mol. The van der Waals surface area contributed by atoms with E-state index < -0.39 is 4.92 Å². The molecule has 2 N–H and O–H groups in total. The van der Waals surface area contributed by atoms with Gasteiger partial charge in [0.15, 0.2) is 5.82 Å². The first-order valence-electron chi connectivity index (χ1n) is 4.47. The van der Waals surface area contributed by atoms with Gasteiger partial charge in [-0.25, -0.2) is 9.97 Å². The molecule has 0 fully saturated rings. The van der Waals surface area contributed by atoms with E-state index in [1.54, 1.807) is 24.0 Å². The van der Waals surface area contributed by atoms with Crippen molar-refractivity contribution < 1.29 is 4.92 Å². The molecule has 0 aliphatic carbocycles. The summed E-state index contributed by atoms with van der Waals surface area (Å²) in [6.45, 7) is 0. The Morgan fingerprint density at radius 3 is 2.81 bits per heavy atom. The minimum absolute atomic E-state index is 0.0921. The number of aryl methyl sites for hydroxylation is 1. The third-order valence-electron chi connectivity index (χ3n) is 2.09. The summed E-state index contributed by atoms with van der Waals surface area (Å²) in [4.78, 5) is 18.2. The van der Waals surface area contributed by atoms with Crippen LogP contribution in [0.25, 0.3) is 11.5 Å². The lowest BCUT2D eigenvalue weighted by molar-refractivity contribution is -0.384. The molecule has 0 radical (unpaired) electrons. The number of nitrogens with zero attached hydrogens (tertiary/aromatic N) is 4. The Balaban J connectivity index is 2.58. The maximum atomic E-state index is 10.7. The fourth-order valence-corrected chi connectivity index (χ4v) is 1.37. The van der Waals surface area contributed by atoms with Gasteiger partial charge in [0.1, 0.15) is 11.5 Å². The van der Waals surface area contributed by atoms with Crippen molar-refractivity contribution in [2.45, 2.75) is 0 Å². The Morgan fingerprint density at radius 2 is 2.25 bits per heavy atom. The van der Waals surface area contributed by atoms with Crippen molar-refractivity contribution in [3.05, 3.63) is 34.6 Å². The van der Waals surface area contributed by atoms with Crippen LogP contribution in [0, 0.1) is 10.1 Å². The monoisotopic (exact) mass is 219 g/mol. The third-order valence-corrected chi connectivity index (χ3v) is 2.09. The average Bonchev–Trinajstić information content (AvgIpc) is 2.63. The summed E-state index contributed by atoms with van der Waals surface area (Å²) in [5.74, 6) is 0.641. The van der Waals surface area contributed by atoms with E-state index in [0.29, 0.717) is 11.5 Å². The van der Waals surface area contributed by atoms with Crippen molar-refractivity contribution in [1.82, 2.24) is 14.5 Å². The van der Waals surface area contributed by atoms with Gasteiger partial charge >= 0.3 is 0 Å². The van der Waals surface area contributed by atoms with Crippen LogP contribution >= 0.6 is 0 Å². The molecule has 2 aromatic heterocycles. The zero-order valence-corrected chi connectivity index (χ0v) is 8.49. The maximum absolute atomic E-state index is 10.7. The smallest absolute Gasteiger partial charge is 0.275 e. The van der Waals surface area contributed by atoms with Gasteiger partial charge in [-0.15, -0.1) is 0 Å². The highest BCUT2D eigenvalue weighted by atomic mass is 16.6. The average molecular weight is 219 g/mol. The summed E-state index contributed by atoms with van der Waals surface area (Å²) in [7, 11) is 1.78. The quantitative estimate of drug-likeness (QED) is 0.599. The zero-order valence-electron chi connectivity index (χ0n) is 8.49. The molecule has 2 heterocycles. The summed E-state index contributed by atoms with van der Waals surface area (Å²) in [6.07, 6.45) is 3.32. The second-order valence-corrected chi connectivity index (χ2v) is 3.25. The highest BCUT2D eigenvalue weighted by molar-refractivity contribution is 5.58. The molecule has 0 aliphatic rings. The largest absolute Gasteiger partial charge is 0.383 e. The van der Waals surface area contributed by atoms with Gasteiger partial charge in [-0.1, -0.05) is 0 Å². The number of nitro groups is 1. The lowest BCUT2D eigenvalue weighted by Crippen LogP contribution is -1.99. The van der Waals surface area contributed by atoms with Gasteiger partial charge in [0, 0.05) is 25.5 Å². The van der Waals surface area contributed by atoms with E-state index in [9.17, 15) is 10.1 Å². The molecule has 7 nitrogen and oxygen atoms in total. The van der Waals surface area contributed by atoms with E-state index in [2.05, 4.69) is 9.97 Å². The Hall–Kier alpha value is -2.44. The van der Waals surface area contributed by atoms with Gasteiger partial charge in [-0.2, -0.15) is 0 Å². The maximum Gasteiger partial charge on any atom is 0.275 e. The van der Waals surface area contributed by atoms with Gasteiger partial charge in [-0.3, -0.25) is 10.1 Å². The molecular formula is C9H9N5O2. The molecule has 16 heavy (non-hydrogen) atoms. The first kappa shape index (κ1) is 10.1. The predicted octanol–water partition coefficient (Wildman–Crippen LogP) is 0.972. The van der Waals surface area contributed by atoms with Crippen molar-refractivity contribution >= 4 is 11.5 Å². The molecule has 2 rings (SSSR count). The SMILES string of the molecule is Cn1ccnc1-c1cc([N+](=O)[O-])cc(N)n1. The normalized spacial score (nSPS) is 10.3. The summed E-state index contributed by atoms with van der Waals surface area (Å²) in [5, 5.41) is 10.7. The van der Waals surface area contributed by atoms with Crippen molar-refractivity contribution in [2.75, 3.05) is 5.73 Å². The van der Waals surface area contributed by atoms with Gasteiger partial charge in [-0.05, 0) is 0 Å². The number of hydrogen-bond acceptors (Lipinski definition) is 5. The van der Waals surface area contributed by atoms with Crippen molar-refractivity contribution in [3.8, 4) is 11.5 Å². The Kier molecular flexibility index (Phi) is 2.28. The molecule has 7 heteroatoms. The van der Waals surface area contributed by atoms with Crippen LogP contribution in [0.4, 0.5) is 11.5 Å². The molecule has 0 amide bonds. The number of nitrogen functional groups attached to an aromatic ring is 1. The first-order valence-corrected chi connectivity index (χ1v) is 4.47. The standard InChI is InChI=1S/C9H9N5O2/c1-13-3-2-11-9(13)7-4-6(14(15)16)5-8(10)12-7/h2-5H,1H3,(H2,10,12). The molecule has 82 valence electrons. The molecule has 0 saturated carbocycles. The van der Waals surface area contributed by atoms with E-state index in [0.717, 1.165) is 0 Å². The van der Waals surface area contributed by atoms with Gasteiger partial charge in [0.05, 0.1) is 11.0 Å². The topological polar surface area (TPSA) is 99.9 Å². The number of aromatic nitrogens is 3. The fourth-order valence-electron chi connectivity index (χ4n) is 1.37. The molecule has 2 aromatic rings. The van der Waals surface area contributed by atoms with E-state index in [4.69, 9.17) is 5.73 Å². The molecule has 0 atom stereocenters. The lowest BCUT2D eigenvalue weighted by Gasteiger charge is -2.02. The minimum Gasteiger partial charge on any atom is -0.383 e. The number of anilines is 1. The Labute approximate surface area is 90.7 Å². The number of hydrogen-bond donors (Lipinski definition) is 1. The highest BCUT2D eigenvalue weighted by Gasteiger charge is 2.13. The van der Waals surface area contributed by atoms with E-state index in [-0.39, 0.29) is 11.5 Å². The second-order valence-electron chi connectivity index (χ2n) is 3.25. The van der Waals surface area contributed by atoms with Crippen molar-refractivity contribution in [1.29, 1.82) is 0 Å². The van der Waals surface area contributed by atoms with E-state index in [1.807, 2.05) is 0 Å². The van der Waals surface area contributed by atoms with E-state index in [1.165, 1.54) is 12.1 Å². The molecule has 0 saturated heterocycles. The fraction of sp³-hybridized carbons (Fsp3) is 0.111. The Morgan fingerprint density at radius 1 is 1.50 bits per heavy atom. The van der Waals surface area contributed by atoms with Crippen LogP contribution in [0.15, 0.2) is 24.5 Å². The number of imidazole rings is 1. The van der Waals surface area contributed by atoms with Crippen LogP contribution < -0.4 is 5.73 Å².